The van der Waals surface area contributed by atoms with E-state index in [1.165, 1.54) is 12.4 Å². The first-order valence-corrected chi connectivity index (χ1v) is 8.54. The van der Waals surface area contributed by atoms with E-state index in [1.54, 1.807) is 30.3 Å². The average molecular weight is 417 g/mol. The van der Waals surface area contributed by atoms with E-state index in [1.807, 2.05) is 0 Å². The number of carbonyl (C=O) groups excluding carboxylic acids is 1. The zero-order valence-electron chi connectivity index (χ0n) is 12.3. The average Bonchev–Trinajstić information content (AvgIpc) is 3.04. The van der Waals surface area contributed by atoms with Gasteiger partial charge in [-0.25, -0.2) is 0 Å². The predicted molar refractivity (Wildman–Crippen MR) is 99.3 cm³/mol. The Hall–Kier alpha value is -1.79. The first-order chi connectivity index (χ1) is 12.0. The molecule has 0 fully saturated rings. The number of hydrogen-bond donors (Lipinski definition) is 1. The summed E-state index contributed by atoms with van der Waals surface area (Å²) in [7, 11) is 0. The van der Waals surface area contributed by atoms with Crippen LogP contribution in [0.2, 0.25) is 10.0 Å². The summed E-state index contributed by atoms with van der Waals surface area (Å²) < 4.78 is 5.37. The lowest BCUT2D eigenvalue weighted by molar-refractivity contribution is -0.114. The van der Waals surface area contributed by atoms with Crippen molar-refractivity contribution in [3.63, 3.8) is 0 Å². The zero-order valence-corrected chi connectivity index (χ0v) is 15.4. The van der Waals surface area contributed by atoms with Crippen LogP contribution >= 0.6 is 46.4 Å². The lowest BCUT2D eigenvalue weighted by Crippen LogP contribution is -2.18. The molecule has 0 bridgehead atoms. The molecule has 0 aliphatic heterocycles. The van der Waals surface area contributed by atoms with Crippen molar-refractivity contribution in [2.24, 2.45) is 0 Å². The Bertz CT molecular complexity index is 907. The van der Waals surface area contributed by atoms with Gasteiger partial charge < -0.3 is 9.84 Å². The molecule has 25 heavy (non-hydrogen) atoms. The Morgan fingerprint density at radius 2 is 1.84 bits per heavy atom. The molecule has 128 valence electrons. The number of aromatic nitrogens is 2. The molecule has 2 aromatic heterocycles. The molecular weight excluding hydrogens is 408 g/mol. The number of benzene rings is 1. The molecule has 0 aliphatic carbocycles. The number of alkyl halides is 2. The molecule has 0 saturated carbocycles. The van der Waals surface area contributed by atoms with Crippen LogP contribution in [0, 0.1) is 0 Å². The number of nitrogens with one attached hydrogen (secondary N) is 1. The van der Waals surface area contributed by atoms with Gasteiger partial charge in [0, 0.05) is 35.3 Å². The second-order valence-electron chi connectivity index (χ2n) is 4.93. The van der Waals surface area contributed by atoms with E-state index in [2.05, 4.69) is 15.5 Å². The van der Waals surface area contributed by atoms with Gasteiger partial charge in [0.05, 0.1) is 10.0 Å². The molecule has 3 rings (SSSR count). The molecule has 0 spiro atoms. The Balaban J connectivity index is 1.92. The molecule has 0 atom stereocenters. The van der Waals surface area contributed by atoms with Crippen molar-refractivity contribution in [1.82, 2.24) is 10.1 Å². The second kappa shape index (κ2) is 7.62. The number of halogens is 4. The van der Waals surface area contributed by atoms with E-state index >= 15 is 0 Å². The highest BCUT2D eigenvalue weighted by Gasteiger charge is 2.16. The highest BCUT2D eigenvalue weighted by atomic mass is 35.5. The standard InChI is InChI=1S/C16H9Cl4N3O2/c17-10-6-21-7-11(18)14(10)12-5-13(25-23-12)8-2-1-3-9(4-8)22-16(24)15(19)20/h1-7,15H,(H,22,24). The van der Waals surface area contributed by atoms with E-state index in [-0.39, 0.29) is 0 Å². The molecule has 1 N–H and O–H groups in total. The summed E-state index contributed by atoms with van der Waals surface area (Å²) in [6.45, 7) is 0. The van der Waals surface area contributed by atoms with Gasteiger partial charge in [-0.05, 0) is 12.1 Å². The summed E-state index contributed by atoms with van der Waals surface area (Å²) >= 11 is 23.3. The maximum absolute atomic E-state index is 11.6. The van der Waals surface area contributed by atoms with E-state index in [0.717, 1.165) is 0 Å². The minimum absolute atomic E-state index is 0.364. The minimum Gasteiger partial charge on any atom is -0.356 e. The van der Waals surface area contributed by atoms with E-state index in [4.69, 9.17) is 50.9 Å². The number of pyridine rings is 1. The van der Waals surface area contributed by atoms with Gasteiger partial charge in [-0.1, -0.05) is 63.7 Å². The molecule has 9 heteroatoms. The van der Waals surface area contributed by atoms with Gasteiger partial charge in [-0.3, -0.25) is 9.78 Å². The van der Waals surface area contributed by atoms with Crippen molar-refractivity contribution in [3.05, 3.63) is 52.8 Å². The number of nitrogens with zero attached hydrogens (tertiary/aromatic N) is 2. The fourth-order valence-corrected chi connectivity index (χ4v) is 2.80. The molecule has 2 heterocycles. The van der Waals surface area contributed by atoms with Crippen LogP contribution in [0.25, 0.3) is 22.6 Å². The van der Waals surface area contributed by atoms with Gasteiger partial charge in [0.15, 0.2) is 10.6 Å². The lowest BCUT2D eigenvalue weighted by atomic mass is 10.1. The number of amides is 1. The molecule has 1 amide bonds. The van der Waals surface area contributed by atoms with Gasteiger partial charge in [0.1, 0.15) is 5.69 Å². The maximum atomic E-state index is 11.6. The van der Waals surface area contributed by atoms with Gasteiger partial charge in [-0.15, -0.1) is 0 Å². The van der Waals surface area contributed by atoms with E-state index < -0.39 is 10.7 Å². The third kappa shape index (κ3) is 4.07. The van der Waals surface area contributed by atoms with Crippen LogP contribution in [-0.2, 0) is 4.79 Å². The predicted octanol–water partition coefficient (Wildman–Crippen LogP) is 5.45. The third-order valence-corrected chi connectivity index (χ3v) is 4.20. The van der Waals surface area contributed by atoms with Crippen molar-refractivity contribution in [2.45, 2.75) is 4.84 Å². The monoisotopic (exact) mass is 415 g/mol. The van der Waals surface area contributed by atoms with Crippen LogP contribution in [0.5, 0.6) is 0 Å². The summed E-state index contributed by atoms with van der Waals surface area (Å²) in [4.78, 5) is 14.3. The number of carbonyl (C=O) groups is 1. The number of hydrogen-bond acceptors (Lipinski definition) is 4. The molecule has 0 aliphatic rings. The van der Waals surface area contributed by atoms with Crippen LogP contribution in [0.15, 0.2) is 47.2 Å². The lowest BCUT2D eigenvalue weighted by Gasteiger charge is -2.06. The van der Waals surface area contributed by atoms with Crippen LogP contribution in [0.3, 0.4) is 0 Å². The van der Waals surface area contributed by atoms with Gasteiger partial charge in [0.2, 0.25) is 0 Å². The minimum atomic E-state index is -1.16. The van der Waals surface area contributed by atoms with Crippen molar-refractivity contribution in [2.75, 3.05) is 5.32 Å². The van der Waals surface area contributed by atoms with Crippen LogP contribution in [-0.4, -0.2) is 20.9 Å². The molecule has 1 aromatic carbocycles. The van der Waals surface area contributed by atoms with Crippen molar-refractivity contribution in [1.29, 1.82) is 0 Å². The summed E-state index contributed by atoms with van der Waals surface area (Å²) in [5, 5.41) is 7.32. The zero-order chi connectivity index (χ0) is 18.0. The summed E-state index contributed by atoms with van der Waals surface area (Å²) in [5.41, 5.74) is 2.22. The first-order valence-electron chi connectivity index (χ1n) is 6.91. The highest BCUT2D eigenvalue weighted by molar-refractivity contribution is 6.54. The Morgan fingerprint density at radius 1 is 1.12 bits per heavy atom. The van der Waals surface area contributed by atoms with Gasteiger partial charge in [0.25, 0.3) is 5.91 Å². The third-order valence-electron chi connectivity index (χ3n) is 3.23. The quantitative estimate of drug-likeness (QED) is 0.574. The Kier molecular flexibility index (Phi) is 5.49. The van der Waals surface area contributed by atoms with Crippen molar-refractivity contribution in [3.8, 4) is 22.6 Å². The summed E-state index contributed by atoms with van der Waals surface area (Å²) in [6.07, 6.45) is 2.95. The highest BCUT2D eigenvalue weighted by Crippen LogP contribution is 2.35. The number of rotatable bonds is 4. The molecule has 0 saturated heterocycles. The fraction of sp³-hybridized carbons (Fsp3) is 0.0625. The molecule has 0 unspecified atom stereocenters. The van der Waals surface area contributed by atoms with Gasteiger partial charge in [-0.2, -0.15) is 0 Å². The SMILES string of the molecule is O=C(Nc1cccc(-c2cc(-c3c(Cl)cncc3Cl)no2)c1)C(Cl)Cl. The first kappa shape index (κ1) is 18.0. The smallest absolute Gasteiger partial charge is 0.257 e. The Morgan fingerprint density at radius 3 is 2.52 bits per heavy atom. The van der Waals surface area contributed by atoms with Crippen molar-refractivity contribution >= 4 is 58.0 Å². The summed E-state index contributed by atoms with van der Waals surface area (Å²) in [5.74, 6) is -0.0440. The number of anilines is 1. The fourth-order valence-electron chi connectivity index (χ4n) is 2.13. The largest absolute Gasteiger partial charge is 0.356 e. The van der Waals surface area contributed by atoms with E-state index in [9.17, 15) is 4.79 Å². The topological polar surface area (TPSA) is 68.0 Å². The van der Waals surface area contributed by atoms with Crippen LogP contribution in [0.4, 0.5) is 5.69 Å². The van der Waals surface area contributed by atoms with Crippen molar-refractivity contribution < 1.29 is 9.32 Å². The normalized spacial score (nSPS) is 10.9. The maximum Gasteiger partial charge on any atom is 0.257 e. The summed E-state index contributed by atoms with van der Waals surface area (Å²) in [6, 6.07) is 8.64. The second-order valence-corrected chi connectivity index (χ2v) is 6.84. The Labute approximate surface area is 162 Å². The molecule has 3 aromatic rings. The molecule has 0 radical (unpaired) electrons. The van der Waals surface area contributed by atoms with E-state index in [0.29, 0.717) is 38.3 Å². The molecule has 5 nitrogen and oxygen atoms in total. The van der Waals surface area contributed by atoms with Crippen LogP contribution in [0.1, 0.15) is 0 Å². The molecular formula is C16H9Cl4N3O2. The van der Waals surface area contributed by atoms with Gasteiger partial charge >= 0.3 is 0 Å². The van der Waals surface area contributed by atoms with Crippen LogP contribution < -0.4 is 5.32 Å².